The molecule has 3 heterocycles. The molecule has 1 saturated heterocycles. The van der Waals surface area contributed by atoms with Gasteiger partial charge in [-0.3, -0.25) is 14.9 Å². The topological polar surface area (TPSA) is 41.5 Å². The van der Waals surface area contributed by atoms with Gasteiger partial charge < -0.3 is 9.64 Å². The number of nitrogens with zero attached hydrogens (tertiary/aromatic N) is 4. The summed E-state index contributed by atoms with van der Waals surface area (Å²) in [6.45, 7) is 20.0. The molecule has 2 aromatic heterocycles. The minimum atomic E-state index is 0.435. The van der Waals surface area contributed by atoms with E-state index in [0.29, 0.717) is 6.04 Å². The number of aryl methyl sites for hydroxylation is 4. The van der Waals surface area contributed by atoms with E-state index in [0.717, 1.165) is 75.6 Å². The van der Waals surface area contributed by atoms with Crippen LogP contribution in [0.15, 0.2) is 85.2 Å². The van der Waals surface area contributed by atoms with E-state index in [-0.39, 0.29) is 0 Å². The van der Waals surface area contributed by atoms with Crippen molar-refractivity contribution in [1.82, 2.24) is 14.9 Å². The second-order valence-corrected chi connectivity index (χ2v) is 14.4. The van der Waals surface area contributed by atoms with Crippen molar-refractivity contribution in [2.75, 3.05) is 24.6 Å². The van der Waals surface area contributed by atoms with Crippen molar-refractivity contribution in [3.8, 4) is 28.3 Å². The Morgan fingerprint density at radius 2 is 1.20 bits per heavy atom. The van der Waals surface area contributed by atoms with Gasteiger partial charge in [-0.1, -0.05) is 13.3 Å². The van der Waals surface area contributed by atoms with Crippen LogP contribution in [0.25, 0.3) is 22.5 Å². The Labute approximate surface area is 300 Å². The number of likely N-dealkylation sites (tertiary alicyclic amines) is 1. The maximum Gasteiger partial charge on any atom is 0.119 e. The van der Waals surface area contributed by atoms with E-state index in [4.69, 9.17) is 14.7 Å². The van der Waals surface area contributed by atoms with Crippen molar-refractivity contribution in [2.24, 2.45) is 0 Å². The van der Waals surface area contributed by atoms with E-state index in [1.807, 2.05) is 12.4 Å². The van der Waals surface area contributed by atoms with E-state index < -0.39 is 0 Å². The van der Waals surface area contributed by atoms with Crippen LogP contribution in [0.4, 0.5) is 5.69 Å². The number of anilines is 1. The SMILES string of the molecule is CCCCOc1ccc(N(Cc2ccnc(-c3cc(C)c(C)c(C)c3)c2)C2CCN(Cc3ccnc(-c4cc(C)c(C)c(C)c4)c3)CC2)cc1. The average molecular weight is 667 g/mol. The van der Waals surface area contributed by atoms with Crippen LogP contribution in [0.2, 0.25) is 0 Å². The summed E-state index contributed by atoms with van der Waals surface area (Å²) >= 11 is 0. The maximum absolute atomic E-state index is 6.02. The predicted octanol–water partition coefficient (Wildman–Crippen LogP) is 10.5. The Morgan fingerprint density at radius 3 is 1.74 bits per heavy atom. The first kappa shape index (κ1) is 35.3. The standard InChI is InChI=1S/C45H54N4O/c1-8-9-22-50-43-12-10-41(11-13-43)49(30-38-15-19-47-45(28-38)40-25-33(4)36(7)34(5)26-40)42-16-20-48(21-17-42)29-37-14-18-46-44(27-37)39-23-31(2)35(6)32(3)24-39/h10-15,18-19,23-28,42H,8-9,16-17,20-22,29-30H2,1-7H3. The summed E-state index contributed by atoms with van der Waals surface area (Å²) in [6, 6.07) is 27.2. The van der Waals surface area contributed by atoms with Crippen molar-refractivity contribution >= 4 is 5.69 Å². The lowest BCUT2D eigenvalue weighted by molar-refractivity contribution is 0.201. The third kappa shape index (κ3) is 8.45. The highest BCUT2D eigenvalue weighted by Gasteiger charge is 2.26. The molecule has 260 valence electrons. The molecule has 0 bridgehead atoms. The van der Waals surface area contributed by atoms with Gasteiger partial charge >= 0.3 is 0 Å². The van der Waals surface area contributed by atoms with Crippen LogP contribution < -0.4 is 9.64 Å². The molecule has 1 aliphatic heterocycles. The summed E-state index contributed by atoms with van der Waals surface area (Å²) in [7, 11) is 0. The van der Waals surface area contributed by atoms with Gasteiger partial charge in [0.1, 0.15) is 5.75 Å². The van der Waals surface area contributed by atoms with Gasteiger partial charge in [-0.2, -0.15) is 0 Å². The molecular formula is C45H54N4O. The molecule has 3 aromatic carbocycles. The van der Waals surface area contributed by atoms with Crippen molar-refractivity contribution in [3.63, 3.8) is 0 Å². The van der Waals surface area contributed by atoms with Crippen LogP contribution in [0.3, 0.4) is 0 Å². The van der Waals surface area contributed by atoms with E-state index in [1.165, 1.54) is 61.3 Å². The number of rotatable bonds is 12. The van der Waals surface area contributed by atoms with Gasteiger partial charge in [0.25, 0.3) is 0 Å². The lowest BCUT2D eigenvalue weighted by Gasteiger charge is -2.40. The van der Waals surface area contributed by atoms with Gasteiger partial charge in [-0.25, -0.2) is 0 Å². The van der Waals surface area contributed by atoms with Gasteiger partial charge in [-0.05, 0) is 178 Å². The molecule has 1 aliphatic rings. The molecule has 1 fully saturated rings. The molecule has 0 saturated carbocycles. The minimum Gasteiger partial charge on any atom is -0.494 e. The quantitative estimate of drug-likeness (QED) is 0.124. The van der Waals surface area contributed by atoms with E-state index >= 15 is 0 Å². The molecule has 0 amide bonds. The molecule has 5 aromatic rings. The van der Waals surface area contributed by atoms with Crippen LogP contribution in [-0.4, -0.2) is 40.6 Å². The highest BCUT2D eigenvalue weighted by atomic mass is 16.5. The highest BCUT2D eigenvalue weighted by molar-refractivity contribution is 5.64. The normalized spacial score (nSPS) is 13.8. The number of hydrogen-bond acceptors (Lipinski definition) is 5. The first-order valence-corrected chi connectivity index (χ1v) is 18.5. The van der Waals surface area contributed by atoms with Crippen molar-refractivity contribution < 1.29 is 4.74 Å². The number of pyridine rings is 2. The average Bonchev–Trinajstić information content (AvgIpc) is 3.12. The summed E-state index contributed by atoms with van der Waals surface area (Å²) in [4.78, 5) is 14.8. The summed E-state index contributed by atoms with van der Waals surface area (Å²) in [5.41, 5.74) is 16.3. The number of piperidine rings is 1. The third-order valence-electron chi connectivity index (χ3n) is 10.8. The Bertz CT molecular complexity index is 1860. The number of aromatic nitrogens is 2. The Balaban J connectivity index is 1.19. The van der Waals surface area contributed by atoms with Crippen LogP contribution in [-0.2, 0) is 13.1 Å². The largest absolute Gasteiger partial charge is 0.494 e. The molecule has 0 aliphatic carbocycles. The summed E-state index contributed by atoms with van der Waals surface area (Å²) in [5.74, 6) is 0.945. The Hall–Kier alpha value is -4.48. The fourth-order valence-corrected chi connectivity index (χ4v) is 7.17. The number of hydrogen-bond donors (Lipinski definition) is 0. The van der Waals surface area contributed by atoms with Crippen molar-refractivity contribution in [1.29, 1.82) is 0 Å². The Morgan fingerprint density at radius 1 is 0.680 bits per heavy atom. The molecular weight excluding hydrogens is 613 g/mol. The molecule has 0 N–H and O–H groups in total. The van der Waals surface area contributed by atoms with Crippen LogP contribution in [0.1, 0.15) is 77.1 Å². The number of benzene rings is 3. The molecule has 0 unspecified atom stereocenters. The second-order valence-electron chi connectivity index (χ2n) is 14.4. The van der Waals surface area contributed by atoms with E-state index in [1.54, 1.807) is 0 Å². The van der Waals surface area contributed by atoms with Crippen molar-refractivity contribution in [2.45, 2.75) is 93.3 Å². The minimum absolute atomic E-state index is 0.435. The summed E-state index contributed by atoms with van der Waals surface area (Å²) in [5, 5.41) is 0. The summed E-state index contributed by atoms with van der Waals surface area (Å²) < 4.78 is 6.02. The van der Waals surface area contributed by atoms with Gasteiger partial charge in [0.2, 0.25) is 0 Å². The maximum atomic E-state index is 6.02. The zero-order chi connectivity index (χ0) is 35.2. The lowest BCUT2D eigenvalue weighted by atomic mass is 9.97. The fraction of sp³-hybridized carbons (Fsp3) is 0.378. The highest BCUT2D eigenvalue weighted by Crippen LogP contribution is 2.31. The summed E-state index contributed by atoms with van der Waals surface area (Å²) in [6.07, 6.45) is 8.37. The van der Waals surface area contributed by atoms with Gasteiger partial charge in [-0.15, -0.1) is 0 Å². The van der Waals surface area contributed by atoms with Gasteiger partial charge in [0, 0.05) is 61.4 Å². The first-order valence-electron chi connectivity index (χ1n) is 18.5. The molecule has 6 rings (SSSR count). The molecule has 5 heteroatoms. The van der Waals surface area contributed by atoms with Gasteiger partial charge in [0.15, 0.2) is 0 Å². The molecule has 5 nitrogen and oxygen atoms in total. The van der Waals surface area contributed by atoms with Crippen LogP contribution in [0.5, 0.6) is 5.75 Å². The van der Waals surface area contributed by atoms with Crippen LogP contribution in [0, 0.1) is 41.5 Å². The monoisotopic (exact) mass is 666 g/mol. The van der Waals surface area contributed by atoms with E-state index in [9.17, 15) is 0 Å². The zero-order valence-corrected chi connectivity index (χ0v) is 31.2. The number of unbranched alkanes of at least 4 members (excludes halogenated alkanes) is 1. The fourth-order valence-electron chi connectivity index (χ4n) is 7.17. The lowest BCUT2D eigenvalue weighted by Crippen LogP contribution is -2.44. The van der Waals surface area contributed by atoms with Gasteiger partial charge in [0.05, 0.1) is 18.0 Å². The molecule has 0 radical (unpaired) electrons. The smallest absolute Gasteiger partial charge is 0.119 e. The van der Waals surface area contributed by atoms with Crippen LogP contribution >= 0.6 is 0 Å². The predicted molar refractivity (Wildman–Crippen MR) is 209 cm³/mol. The number of ether oxygens (including phenoxy) is 1. The van der Waals surface area contributed by atoms with E-state index in [2.05, 4.69) is 131 Å². The Kier molecular flexibility index (Phi) is 11.3. The molecule has 0 spiro atoms. The van der Waals surface area contributed by atoms with Crippen molar-refractivity contribution in [3.05, 3.63) is 130 Å². The molecule has 50 heavy (non-hydrogen) atoms. The third-order valence-corrected chi connectivity index (χ3v) is 10.8. The molecule has 0 atom stereocenters. The second kappa shape index (κ2) is 16.0. The zero-order valence-electron chi connectivity index (χ0n) is 31.2. The first-order chi connectivity index (χ1) is 24.2.